The van der Waals surface area contributed by atoms with E-state index in [1.807, 2.05) is 0 Å². The minimum Gasteiger partial charge on any atom is -0.365 e. The molecule has 1 aliphatic heterocycles. The Balaban J connectivity index is 0.000000810. The van der Waals surface area contributed by atoms with Crippen LogP contribution in [0.5, 0.6) is 0 Å². The van der Waals surface area contributed by atoms with Gasteiger partial charge in [0.05, 0.1) is 0 Å². The second-order valence-electron chi connectivity index (χ2n) is 1.71. The fraction of sp³-hybridized carbons (Fsp3) is 1.00. The fourth-order valence-electron chi connectivity index (χ4n) is 0.593. The highest BCUT2D eigenvalue weighted by Gasteiger charge is 2.20. The predicted molar refractivity (Wildman–Crippen MR) is 34.7 cm³/mol. The molecule has 1 fully saturated rings. The van der Waals surface area contributed by atoms with Crippen LogP contribution in [0.4, 0.5) is 0 Å². The van der Waals surface area contributed by atoms with Crippen molar-refractivity contribution in [3.8, 4) is 0 Å². The van der Waals surface area contributed by atoms with E-state index in [1.54, 1.807) is 0 Å². The van der Waals surface area contributed by atoms with Gasteiger partial charge in [0.25, 0.3) is 0 Å². The lowest BCUT2D eigenvalue weighted by Crippen LogP contribution is -2.67. The maximum absolute atomic E-state index is 8.67. The van der Waals surface area contributed by atoms with Gasteiger partial charge in [-0.15, -0.1) is 12.4 Å². The van der Waals surface area contributed by atoms with Gasteiger partial charge in [-0.2, -0.15) is 0 Å². The largest absolute Gasteiger partial charge is 0.365 e. The Bertz CT molecular complexity index is 80.0. The van der Waals surface area contributed by atoms with E-state index >= 15 is 0 Å². The molecule has 0 atom stereocenters. The first-order chi connectivity index (χ1) is 4.18. The highest BCUT2D eigenvalue weighted by molar-refractivity contribution is 5.85. The summed E-state index contributed by atoms with van der Waals surface area (Å²) in [4.78, 5) is 0. The van der Waals surface area contributed by atoms with Crippen LogP contribution in [0.15, 0.2) is 0 Å². The summed E-state index contributed by atoms with van der Waals surface area (Å²) in [6.45, 7) is 0. The summed E-state index contributed by atoms with van der Waals surface area (Å²) in [5.41, 5.74) is 0. The quantitative estimate of drug-likeness (QED) is 0.233. The molecular weight excluding hydrogens is 162 g/mol. The molecular formula is C3H10ClN3O3. The van der Waals surface area contributed by atoms with Crippen molar-refractivity contribution in [2.75, 3.05) is 0 Å². The Morgan fingerprint density at radius 3 is 1.10 bits per heavy atom. The summed E-state index contributed by atoms with van der Waals surface area (Å²) in [6, 6.07) is 0. The first-order valence-electron chi connectivity index (χ1n) is 2.51. The zero-order valence-electron chi connectivity index (χ0n) is 4.98. The Hall–Kier alpha value is 0.0500. The number of hydrogen-bond acceptors (Lipinski definition) is 6. The van der Waals surface area contributed by atoms with Crippen LogP contribution in [-0.2, 0) is 0 Å². The van der Waals surface area contributed by atoms with Crippen LogP contribution in [0.3, 0.4) is 0 Å². The van der Waals surface area contributed by atoms with Gasteiger partial charge in [-0.1, -0.05) is 0 Å². The first kappa shape index (κ1) is 10.0. The van der Waals surface area contributed by atoms with E-state index in [-0.39, 0.29) is 12.4 Å². The SMILES string of the molecule is Cl.OC1NC(O)NC(O)N1. The minimum absolute atomic E-state index is 0. The molecule has 0 aromatic rings. The predicted octanol–water partition coefficient (Wildman–Crippen LogP) is -2.98. The lowest BCUT2D eigenvalue weighted by molar-refractivity contribution is -0.102. The maximum Gasteiger partial charge on any atom is 0.166 e. The van der Waals surface area contributed by atoms with E-state index in [2.05, 4.69) is 16.0 Å². The van der Waals surface area contributed by atoms with E-state index < -0.39 is 19.1 Å². The van der Waals surface area contributed by atoms with Gasteiger partial charge in [0.15, 0.2) is 19.1 Å². The number of halogens is 1. The van der Waals surface area contributed by atoms with Gasteiger partial charge in [-0.25, -0.2) is 16.0 Å². The van der Waals surface area contributed by atoms with Gasteiger partial charge in [0, 0.05) is 0 Å². The van der Waals surface area contributed by atoms with Crippen molar-refractivity contribution in [1.29, 1.82) is 0 Å². The number of hydrogen-bond donors (Lipinski definition) is 6. The molecule has 0 aromatic carbocycles. The third-order valence-corrected chi connectivity index (χ3v) is 0.947. The highest BCUT2D eigenvalue weighted by atomic mass is 35.5. The lowest BCUT2D eigenvalue weighted by atomic mass is 10.6. The van der Waals surface area contributed by atoms with Gasteiger partial charge in [-0.3, -0.25) is 0 Å². The monoisotopic (exact) mass is 171 g/mol. The van der Waals surface area contributed by atoms with Crippen molar-refractivity contribution in [2.45, 2.75) is 19.1 Å². The van der Waals surface area contributed by atoms with Gasteiger partial charge in [0.2, 0.25) is 0 Å². The number of rotatable bonds is 0. The molecule has 0 aromatic heterocycles. The van der Waals surface area contributed by atoms with Gasteiger partial charge in [-0.05, 0) is 0 Å². The molecule has 0 saturated carbocycles. The van der Waals surface area contributed by atoms with Crippen LogP contribution in [0.2, 0.25) is 0 Å². The van der Waals surface area contributed by atoms with Crippen LogP contribution < -0.4 is 16.0 Å². The van der Waals surface area contributed by atoms with Crippen LogP contribution in [0.25, 0.3) is 0 Å². The van der Waals surface area contributed by atoms with Gasteiger partial charge in [0.1, 0.15) is 0 Å². The summed E-state index contributed by atoms with van der Waals surface area (Å²) in [5.74, 6) is 0. The molecule has 0 aliphatic carbocycles. The van der Waals surface area contributed by atoms with Crippen LogP contribution in [0, 0.1) is 0 Å². The molecule has 0 spiro atoms. The molecule has 6 N–H and O–H groups in total. The van der Waals surface area contributed by atoms with Crippen molar-refractivity contribution < 1.29 is 15.3 Å². The molecule has 0 amide bonds. The second kappa shape index (κ2) is 4.04. The average Bonchev–Trinajstić information content (AvgIpc) is 1.59. The van der Waals surface area contributed by atoms with Gasteiger partial charge >= 0.3 is 0 Å². The average molecular weight is 172 g/mol. The van der Waals surface area contributed by atoms with E-state index in [4.69, 9.17) is 15.3 Å². The number of aliphatic hydroxyl groups is 3. The van der Waals surface area contributed by atoms with Gasteiger partial charge < -0.3 is 15.3 Å². The molecule has 6 nitrogen and oxygen atoms in total. The van der Waals surface area contributed by atoms with Crippen LogP contribution in [0.1, 0.15) is 0 Å². The van der Waals surface area contributed by atoms with E-state index in [1.165, 1.54) is 0 Å². The third-order valence-electron chi connectivity index (χ3n) is 0.947. The summed E-state index contributed by atoms with van der Waals surface area (Å²) in [5, 5.41) is 32.7. The molecule has 1 aliphatic rings. The Kier molecular flexibility index (Phi) is 4.06. The minimum atomic E-state index is -1.07. The molecule has 62 valence electrons. The van der Waals surface area contributed by atoms with Crippen molar-refractivity contribution >= 4 is 12.4 Å². The summed E-state index contributed by atoms with van der Waals surface area (Å²) >= 11 is 0. The molecule has 1 heterocycles. The van der Waals surface area contributed by atoms with E-state index in [0.29, 0.717) is 0 Å². The van der Waals surface area contributed by atoms with Crippen molar-refractivity contribution in [2.24, 2.45) is 0 Å². The Labute approximate surface area is 63.6 Å². The van der Waals surface area contributed by atoms with Crippen molar-refractivity contribution in [3.05, 3.63) is 0 Å². The van der Waals surface area contributed by atoms with E-state index in [9.17, 15) is 0 Å². The molecule has 1 saturated heterocycles. The molecule has 0 unspecified atom stereocenters. The summed E-state index contributed by atoms with van der Waals surface area (Å²) in [7, 11) is 0. The second-order valence-corrected chi connectivity index (χ2v) is 1.71. The third kappa shape index (κ3) is 2.76. The summed E-state index contributed by atoms with van der Waals surface area (Å²) in [6.07, 6.45) is -3.22. The first-order valence-corrected chi connectivity index (χ1v) is 2.51. The number of nitrogens with one attached hydrogen (secondary N) is 3. The molecule has 7 heteroatoms. The molecule has 0 radical (unpaired) electrons. The lowest BCUT2D eigenvalue weighted by Gasteiger charge is -2.30. The normalized spacial score (nSPS) is 40.5. The van der Waals surface area contributed by atoms with Crippen LogP contribution >= 0.6 is 12.4 Å². The van der Waals surface area contributed by atoms with Crippen molar-refractivity contribution in [1.82, 2.24) is 16.0 Å². The smallest absolute Gasteiger partial charge is 0.166 e. The van der Waals surface area contributed by atoms with Crippen LogP contribution in [-0.4, -0.2) is 34.4 Å². The summed E-state index contributed by atoms with van der Waals surface area (Å²) < 4.78 is 0. The highest BCUT2D eigenvalue weighted by Crippen LogP contribution is 1.84. The Morgan fingerprint density at radius 1 is 0.700 bits per heavy atom. The zero-order valence-corrected chi connectivity index (χ0v) is 5.80. The molecule has 0 bridgehead atoms. The molecule has 10 heavy (non-hydrogen) atoms. The fourth-order valence-corrected chi connectivity index (χ4v) is 0.593. The Morgan fingerprint density at radius 2 is 0.900 bits per heavy atom. The zero-order chi connectivity index (χ0) is 6.85. The van der Waals surface area contributed by atoms with E-state index in [0.717, 1.165) is 0 Å². The standard InChI is InChI=1S/C3H9N3O3.ClH/c7-1-4-2(8)6-3(9)5-1;/h1-9H;1H. The topological polar surface area (TPSA) is 96.8 Å². The molecule has 1 rings (SSSR count). The maximum atomic E-state index is 8.67. The number of aliphatic hydroxyl groups excluding tert-OH is 3. The van der Waals surface area contributed by atoms with Crippen molar-refractivity contribution in [3.63, 3.8) is 0 Å².